The molecule has 0 aromatic heterocycles. The highest BCUT2D eigenvalue weighted by Crippen LogP contribution is 2.09. The second kappa shape index (κ2) is 4.84. The van der Waals surface area contributed by atoms with Gasteiger partial charge in [-0.05, 0) is 17.7 Å². The molecule has 1 aromatic rings. The molecule has 0 heterocycles. The van der Waals surface area contributed by atoms with Crippen molar-refractivity contribution in [1.82, 2.24) is 0 Å². The summed E-state index contributed by atoms with van der Waals surface area (Å²) in [6.07, 6.45) is 1.87. The summed E-state index contributed by atoms with van der Waals surface area (Å²) in [7, 11) is -1.30. The first-order valence-electron chi connectivity index (χ1n) is 5.01. The lowest BCUT2D eigenvalue weighted by molar-refractivity contribution is 1.60. The molecule has 0 aliphatic heterocycles. The van der Waals surface area contributed by atoms with Crippen LogP contribution < -0.4 is 0 Å². The van der Waals surface area contributed by atoms with Gasteiger partial charge >= 0.3 is 0 Å². The molecule has 15 heavy (non-hydrogen) atoms. The summed E-state index contributed by atoms with van der Waals surface area (Å²) < 4.78 is 0. The number of hydrogen-bond acceptors (Lipinski definition) is 0. The largest absolute Gasteiger partial charge is 0.129 e. The molecule has 1 aromatic carbocycles. The predicted octanol–water partition coefficient (Wildman–Crippen LogP) is 3.71. The molecule has 0 aliphatic carbocycles. The Morgan fingerprint density at radius 1 is 1.20 bits per heavy atom. The number of benzene rings is 1. The third-order valence-electron chi connectivity index (χ3n) is 1.79. The van der Waals surface area contributed by atoms with Crippen LogP contribution in [0.3, 0.4) is 0 Å². The smallest absolute Gasteiger partial charge is 0.128 e. The van der Waals surface area contributed by atoms with Crippen molar-refractivity contribution in [3.05, 3.63) is 47.7 Å². The van der Waals surface area contributed by atoms with Gasteiger partial charge in [-0.3, -0.25) is 0 Å². The van der Waals surface area contributed by atoms with E-state index in [9.17, 15) is 0 Å². The Hall–Kier alpha value is -1.48. The highest BCUT2D eigenvalue weighted by molar-refractivity contribution is 6.83. The number of hydrogen-bond donors (Lipinski definition) is 0. The Bertz CT molecular complexity index is 446. The SMILES string of the molecule is C=C=Cc1ccccc1C#C[Si](C)(C)C. The second-order valence-corrected chi connectivity index (χ2v) is 9.19. The van der Waals surface area contributed by atoms with Crippen molar-refractivity contribution in [2.45, 2.75) is 19.6 Å². The minimum atomic E-state index is -1.30. The highest BCUT2D eigenvalue weighted by atomic mass is 28.3. The van der Waals surface area contributed by atoms with E-state index in [1.807, 2.05) is 30.3 Å². The first-order valence-corrected chi connectivity index (χ1v) is 8.51. The first-order chi connectivity index (χ1) is 7.03. The molecule has 0 radical (unpaired) electrons. The van der Waals surface area contributed by atoms with E-state index in [4.69, 9.17) is 0 Å². The maximum atomic E-state index is 3.59. The Morgan fingerprint density at radius 3 is 2.47 bits per heavy atom. The summed E-state index contributed by atoms with van der Waals surface area (Å²) in [5, 5.41) is 0. The molecule has 0 amide bonds. The molecule has 0 unspecified atom stereocenters. The molecule has 0 saturated carbocycles. The summed E-state index contributed by atoms with van der Waals surface area (Å²) >= 11 is 0. The molecular formula is C14H16Si. The Labute approximate surface area is 93.4 Å². The molecule has 1 rings (SSSR count). The van der Waals surface area contributed by atoms with Crippen LogP contribution in [-0.4, -0.2) is 8.07 Å². The van der Waals surface area contributed by atoms with Crippen LogP contribution in [0.1, 0.15) is 11.1 Å². The lowest BCUT2D eigenvalue weighted by Gasteiger charge is -2.04. The Balaban J connectivity index is 3.13. The van der Waals surface area contributed by atoms with E-state index >= 15 is 0 Å². The van der Waals surface area contributed by atoms with Gasteiger partial charge in [-0.15, -0.1) is 11.3 Å². The van der Waals surface area contributed by atoms with Crippen molar-refractivity contribution in [3.8, 4) is 11.5 Å². The van der Waals surface area contributed by atoms with Crippen molar-refractivity contribution in [3.63, 3.8) is 0 Å². The van der Waals surface area contributed by atoms with Crippen LogP contribution in [0, 0.1) is 11.5 Å². The summed E-state index contributed by atoms with van der Waals surface area (Å²) in [5.74, 6) is 3.25. The lowest BCUT2D eigenvalue weighted by atomic mass is 10.1. The van der Waals surface area contributed by atoms with Gasteiger partial charge in [-0.2, -0.15) is 0 Å². The van der Waals surface area contributed by atoms with Crippen molar-refractivity contribution in [1.29, 1.82) is 0 Å². The lowest BCUT2D eigenvalue weighted by Crippen LogP contribution is -2.16. The van der Waals surface area contributed by atoms with Crippen molar-refractivity contribution >= 4 is 14.1 Å². The molecule has 0 nitrogen and oxygen atoms in total. The van der Waals surface area contributed by atoms with E-state index in [0.717, 1.165) is 11.1 Å². The monoisotopic (exact) mass is 212 g/mol. The Morgan fingerprint density at radius 2 is 1.87 bits per heavy atom. The summed E-state index contributed by atoms with van der Waals surface area (Å²) in [6.45, 7) is 10.3. The molecule has 0 spiro atoms. The molecule has 0 aliphatic rings. The molecule has 0 fully saturated rings. The maximum absolute atomic E-state index is 3.59. The van der Waals surface area contributed by atoms with E-state index in [2.05, 4.69) is 43.4 Å². The average molecular weight is 212 g/mol. The van der Waals surface area contributed by atoms with Crippen molar-refractivity contribution in [2.24, 2.45) is 0 Å². The average Bonchev–Trinajstić information content (AvgIpc) is 2.16. The van der Waals surface area contributed by atoms with Gasteiger partial charge in [-0.25, -0.2) is 0 Å². The fraction of sp³-hybridized carbons (Fsp3) is 0.214. The van der Waals surface area contributed by atoms with Gasteiger partial charge in [0.2, 0.25) is 0 Å². The van der Waals surface area contributed by atoms with Crippen LogP contribution in [0.25, 0.3) is 6.08 Å². The fourth-order valence-corrected chi connectivity index (χ4v) is 1.61. The van der Waals surface area contributed by atoms with E-state index in [0.29, 0.717) is 0 Å². The van der Waals surface area contributed by atoms with Crippen LogP contribution in [0.15, 0.2) is 36.6 Å². The van der Waals surface area contributed by atoms with Crippen LogP contribution in [-0.2, 0) is 0 Å². The van der Waals surface area contributed by atoms with Gasteiger partial charge in [0, 0.05) is 5.56 Å². The topological polar surface area (TPSA) is 0 Å². The second-order valence-electron chi connectivity index (χ2n) is 4.44. The third-order valence-corrected chi connectivity index (χ3v) is 2.67. The summed E-state index contributed by atoms with van der Waals surface area (Å²) in [4.78, 5) is 0. The first kappa shape index (κ1) is 11.6. The van der Waals surface area contributed by atoms with Crippen molar-refractivity contribution < 1.29 is 0 Å². The Kier molecular flexibility index (Phi) is 3.74. The van der Waals surface area contributed by atoms with Gasteiger partial charge < -0.3 is 0 Å². The summed E-state index contributed by atoms with van der Waals surface area (Å²) in [6, 6.07) is 8.08. The zero-order valence-electron chi connectivity index (χ0n) is 9.59. The molecule has 0 atom stereocenters. The van der Waals surface area contributed by atoms with E-state index < -0.39 is 8.07 Å². The highest BCUT2D eigenvalue weighted by Gasteiger charge is 2.07. The van der Waals surface area contributed by atoms with E-state index in [1.54, 1.807) is 0 Å². The van der Waals surface area contributed by atoms with Gasteiger partial charge in [0.25, 0.3) is 0 Å². The number of rotatable bonds is 1. The minimum Gasteiger partial charge on any atom is -0.128 e. The zero-order chi connectivity index (χ0) is 11.3. The molecule has 0 N–H and O–H groups in total. The third kappa shape index (κ3) is 4.04. The molecule has 76 valence electrons. The molecular weight excluding hydrogens is 196 g/mol. The molecule has 0 saturated heterocycles. The van der Waals surface area contributed by atoms with Gasteiger partial charge in [0.15, 0.2) is 0 Å². The van der Waals surface area contributed by atoms with Gasteiger partial charge in [0.05, 0.1) is 0 Å². The van der Waals surface area contributed by atoms with Crippen LogP contribution in [0.5, 0.6) is 0 Å². The predicted molar refractivity (Wildman–Crippen MR) is 70.3 cm³/mol. The van der Waals surface area contributed by atoms with Crippen LogP contribution in [0.4, 0.5) is 0 Å². The molecule has 1 heteroatoms. The van der Waals surface area contributed by atoms with Crippen LogP contribution in [0.2, 0.25) is 19.6 Å². The molecule has 0 bridgehead atoms. The maximum Gasteiger partial charge on any atom is 0.129 e. The normalized spacial score (nSPS) is 9.80. The quantitative estimate of drug-likeness (QED) is 0.378. The summed E-state index contributed by atoms with van der Waals surface area (Å²) in [5.41, 5.74) is 8.31. The minimum absolute atomic E-state index is 1.07. The van der Waals surface area contributed by atoms with Crippen LogP contribution >= 0.6 is 0 Å². The fourth-order valence-electron chi connectivity index (χ4n) is 1.10. The van der Waals surface area contributed by atoms with E-state index in [1.165, 1.54) is 0 Å². The van der Waals surface area contributed by atoms with Crippen molar-refractivity contribution in [2.75, 3.05) is 0 Å². The van der Waals surface area contributed by atoms with Gasteiger partial charge in [-0.1, -0.05) is 50.3 Å². The standard InChI is InChI=1S/C14H16Si/c1-5-8-13-9-6-7-10-14(13)11-12-15(2,3)4/h6-10H,1H2,2-4H3. The van der Waals surface area contributed by atoms with Gasteiger partial charge in [0.1, 0.15) is 8.07 Å². The zero-order valence-corrected chi connectivity index (χ0v) is 10.6. The van der Waals surface area contributed by atoms with E-state index in [-0.39, 0.29) is 0 Å².